The molecule has 3 fully saturated rings. The number of piperidine rings is 1. The molecule has 1 amide bonds. The van der Waals surface area contributed by atoms with Crippen LogP contribution in [0.2, 0.25) is 0 Å². The summed E-state index contributed by atoms with van der Waals surface area (Å²) in [7, 11) is 1.19. The van der Waals surface area contributed by atoms with Crippen molar-refractivity contribution in [1.82, 2.24) is 14.8 Å². The molecule has 1 saturated carbocycles. The van der Waals surface area contributed by atoms with Crippen LogP contribution >= 0.6 is 0 Å². The first-order valence-electron chi connectivity index (χ1n) is 14.6. The highest BCUT2D eigenvalue weighted by molar-refractivity contribution is 5.99. The van der Waals surface area contributed by atoms with Gasteiger partial charge in [0.25, 0.3) is 5.91 Å². The number of hydrogen-bond donors (Lipinski definition) is 1. The number of alkyl halides is 3. The third kappa shape index (κ3) is 6.22. The molecule has 8 nitrogen and oxygen atoms in total. The lowest BCUT2D eigenvalue weighted by Gasteiger charge is -2.47. The highest BCUT2D eigenvalue weighted by Gasteiger charge is 2.58. The number of benzene rings is 1. The fraction of sp³-hybridized carbons (Fsp3) is 0.581. The molecule has 5 rings (SSSR count). The van der Waals surface area contributed by atoms with Gasteiger partial charge in [-0.15, -0.1) is 0 Å². The van der Waals surface area contributed by atoms with Gasteiger partial charge in [-0.25, -0.2) is 9.18 Å². The molecule has 3 heterocycles. The Bertz CT molecular complexity index is 1330. The molecule has 1 aromatic heterocycles. The van der Waals surface area contributed by atoms with E-state index in [0.717, 1.165) is 17.7 Å². The van der Waals surface area contributed by atoms with Crippen molar-refractivity contribution in [3.63, 3.8) is 0 Å². The molecule has 3 aliphatic rings. The van der Waals surface area contributed by atoms with Crippen LogP contribution in [0.15, 0.2) is 36.5 Å². The standard InChI is InChI=1S/C31H37F4N3O5/c1-29(28(41)42-2)15-22(39)17-38(29)27(40)24-6-4-21(14-25(24)32)26-7-5-23(16-36-26)43-18-20-8-12-37(13-9-20)19-30(10-3-11-30)31(33,34)35/h4-7,14,16,20,22,39H,3,8-13,15,17-19H2,1-2H3. The number of nitrogens with zero attached hydrogens (tertiary/aromatic N) is 3. The molecule has 0 radical (unpaired) electrons. The second-order valence-electron chi connectivity index (χ2n) is 12.3. The van der Waals surface area contributed by atoms with Gasteiger partial charge in [-0.1, -0.05) is 12.5 Å². The van der Waals surface area contributed by atoms with Crippen molar-refractivity contribution in [2.45, 2.75) is 63.3 Å². The summed E-state index contributed by atoms with van der Waals surface area (Å²) in [4.78, 5) is 33.0. The van der Waals surface area contributed by atoms with E-state index in [1.54, 1.807) is 18.2 Å². The summed E-state index contributed by atoms with van der Waals surface area (Å²) in [6.45, 7) is 3.12. The summed E-state index contributed by atoms with van der Waals surface area (Å²) in [5.41, 5.74) is -2.28. The fourth-order valence-electron chi connectivity index (χ4n) is 6.48. The Balaban J connectivity index is 1.15. The molecular formula is C31H37F4N3O5. The van der Waals surface area contributed by atoms with Crippen LogP contribution in [-0.4, -0.2) is 89.5 Å². The molecule has 1 aliphatic carbocycles. The number of amides is 1. The van der Waals surface area contributed by atoms with E-state index in [2.05, 4.69) is 4.98 Å². The van der Waals surface area contributed by atoms with E-state index >= 15 is 4.39 Å². The van der Waals surface area contributed by atoms with Gasteiger partial charge in [0, 0.05) is 25.1 Å². The van der Waals surface area contributed by atoms with Gasteiger partial charge in [-0.05, 0) is 75.9 Å². The Morgan fingerprint density at radius 3 is 2.42 bits per heavy atom. The Morgan fingerprint density at radius 1 is 1.14 bits per heavy atom. The van der Waals surface area contributed by atoms with Crippen LogP contribution in [0, 0.1) is 17.2 Å². The number of halogens is 4. The minimum atomic E-state index is -4.15. The van der Waals surface area contributed by atoms with Gasteiger partial charge < -0.3 is 24.4 Å². The van der Waals surface area contributed by atoms with Crippen LogP contribution in [0.3, 0.4) is 0 Å². The van der Waals surface area contributed by atoms with Crippen molar-refractivity contribution in [3.8, 4) is 17.0 Å². The van der Waals surface area contributed by atoms with E-state index in [0.29, 0.717) is 43.1 Å². The first-order chi connectivity index (χ1) is 20.3. The van der Waals surface area contributed by atoms with Gasteiger partial charge in [0.1, 0.15) is 17.1 Å². The maximum absolute atomic E-state index is 15.1. The SMILES string of the molecule is COC(=O)C1(C)CC(O)CN1C(=O)c1ccc(-c2ccc(OCC3CCN(CC4(C(F)(F)F)CCC4)CC3)cn2)cc1F. The zero-order valence-electron chi connectivity index (χ0n) is 24.3. The van der Waals surface area contributed by atoms with Gasteiger partial charge in [0.05, 0.1) is 42.7 Å². The number of ether oxygens (including phenoxy) is 2. The average molecular weight is 608 g/mol. The normalized spacial score (nSPS) is 24.4. The van der Waals surface area contributed by atoms with Crippen LogP contribution in [-0.2, 0) is 9.53 Å². The van der Waals surface area contributed by atoms with Crippen molar-refractivity contribution in [1.29, 1.82) is 0 Å². The third-order valence-electron chi connectivity index (χ3n) is 9.36. The molecule has 2 saturated heterocycles. The van der Waals surface area contributed by atoms with Gasteiger partial charge in [-0.2, -0.15) is 13.2 Å². The zero-order valence-corrected chi connectivity index (χ0v) is 24.3. The van der Waals surface area contributed by atoms with Crippen molar-refractivity contribution in [2.75, 3.05) is 39.9 Å². The molecule has 2 aliphatic heterocycles. The predicted octanol–water partition coefficient (Wildman–Crippen LogP) is 4.85. The Labute approximate surface area is 248 Å². The molecule has 0 spiro atoms. The van der Waals surface area contributed by atoms with Crippen molar-refractivity contribution in [3.05, 3.63) is 47.9 Å². The smallest absolute Gasteiger partial charge is 0.395 e. The van der Waals surface area contributed by atoms with Crippen molar-refractivity contribution in [2.24, 2.45) is 11.3 Å². The van der Waals surface area contributed by atoms with Crippen molar-refractivity contribution < 1.29 is 41.7 Å². The van der Waals surface area contributed by atoms with Crippen LogP contribution in [0.4, 0.5) is 17.6 Å². The Morgan fingerprint density at radius 2 is 1.86 bits per heavy atom. The quantitative estimate of drug-likeness (QED) is 0.339. The first-order valence-corrected chi connectivity index (χ1v) is 14.6. The minimum absolute atomic E-state index is 0.00869. The van der Waals surface area contributed by atoms with Crippen LogP contribution in [0.5, 0.6) is 5.75 Å². The number of likely N-dealkylation sites (tertiary alicyclic amines) is 2. The summed E-state index contributed by atoms with van der Waals surface area (Å²) in [5.74, 6) is -1.44. The number of methoxy groups -OCH3 is 1. The van der Waals surface area contributed by atoms with E-state index in [4.69, 9.17) is 9.47 Å². The number of hydrogen-bond acceptors (Lipinski definition) is 7. The molecular weight excluding hydrogens is 570 g/mol. The lowest BCUT2D eigenvalue weighted by Crippen LogP contribution is -2.53. The number of pyridine rings is 1. The molecule has 1 N–H and O–H groups in total. The largest absolute Gasteiger partial charge is 0.492 e. The number of carbonyl (C=O) groups excluding carboxylic acids is 2. The molecule has 1 aromatic carbocycles. The highest BCUT2D eigenvalue weighted by atomic mass is 19.4. The Kier molecular flexibility index (Phi) is 8.72. The van der Waals surface area contributed by atoms with E-state index in [9.17, 15) is 27.9 Å². The summed E-state index contributed by atoms with van der Waals surface area (Å²) in [6.07, 6.45) is -0.965. The Hall–Kier alpha value is -3.25. The van der Waals surface area contributed by atoms with Gasteiger partial charge in [0.15, 0.2) is 0 Å². The molecule has 2 aromatic rings. The second kappa shape index (κ2) is 12.0. The number of β-amino-alcohol motifs (C(OH)–C–C–N with tert-alkyl or cyclic N) is 1. The van der Waals surface area contributed by atoms with Crippen LogP contribution in [0.1, 0.15) is 55.8 Å². The van der Waals surface area contributed by atoms with Gasteiger partial charge >= 0.3 is 12.1 Å². The number of carbonyl (C=O) groups is 2. The van der Waals surface area contributed by atoms with E-state index < -0.39 is 40.9 Å². The van der Waals surface area contributed by atoms with Crippen LogP contribution in [0.25, 0.3) is 11.3 Å². The first kappa shape index (κ1) is 31.2. The highest BCUT2D eigenvalue weighted by Crippen LogP contribution is 2.53. The summed E-state index contributed by atoms with van der Waals surface area (Å²) < 4.78 is 66.4. The van der Waals surface area contributed by atoms with E-state index in [1.165, 1.54) is 32.4 Å². The number of rotatable bonds is 8. The molecule has 12 heteroatoms. The minimum Gasteiger partial charge on any atom is -0.492 e. The fourth-order valence-corrected chi connectivity index (χ4v) is 6.48. The van der Waals surface area contributed by atoms with Crippen molar-refractivity contribution >= 4 is 11.9 Å². The summed E-state index contributed by atoms with van der Waals surface area (Å²) in [6, 6.07) is 7.47. The molecule has 43 heavy (non-hydrogen) atoms. The number of aliphatic hydroxyl groups is 1. The third-order valence-corrected chi connectivity index (χ3v) is 9.36. The summed E-state index contributed by atoms with van der Waals surface area (Å²) >= 11 is 0. The maximum atomic E-state index is 15.1. The average Bonchev–Trinajstić information content (AvgIpc) is 3.28. The number of esters is 1. The molecule has 2 atom stereocenters. The number of aromatic nitrogens is 1. The molecule has 2 unspecified atom stereocenters. The van der Waals surface area contributed by atoms with E-state index in [-0.39, 0.29) is 43.8 Å². The van der Waals surface area contributed by atoms with Crippen LogP contribution < -0.4 is 4.74 Å². The topological polar surface area (TPSA) is 92.2 Å². The van der Waals surface area contributed by atoms with Gasteiger partial charge in [0.2, 0.25) is 0 Å². The predicted molar refractivity (Wildman–Crippen MR) is 149 cm³/mol. The maximum Gasteiger partial charge on any atom is 0.395 e. The van der Waals surface area contributed by atoms with E-state index in [1.807, 2.05) is 4.90 Å². The zero-order chi connectivity index (χ0) is 31.0. The lowest BCUT2D eigenvalue weighted by atomic mass is 9.67. The summed E-state index contributed by atoms with van der Waals surface area (Å²) in [5, 5.41) is 10.1. The number of aliphatic hydroxyl groups excluding tert-OH is 1. The molecule has 0 bridgehead atoms. The monoisotopic (exact) mass is 607 g/mol. The van der Waals surface area contributed by atoms with Gasteiger partial charge in [-0.3, -0.25) is 9.78 Å². The molecule has 234 valence electrons. The lowest BCUT2D eigenvalue weighted by molar-refractivity contribution is -0.256. The second-order valence-corrected chi connectivity index (χ2v) is 12.3.